The van der Waals surface area contributed by atoms with E-state index in [0.717, 1.165) is 37.2 Å². The van der Waals surface area contributed by atoms with Crippen molar-refractivity contribution in [1.29, 1.82) is 5.26 Å². The molecule has 0 aromatic heterocycles. The van der Waals surface area contributed by atoms with Gasteiger partial charge in [-0.3, -0.25) is 14.6 Å². The van der Waals surface area contributed by atoms with Gasteiger partial charge in [0.1, 0.15) is 5.75 Å². The van der Waals surface area contributed by atoms with E-state index in [4.69, 9.17) is 10.00 Å². The van der Waals surface area contributed by atoms with Crippen LogP contribution in [-0.4, -0.2) is 73.8 Å². The maximum absolute atomic E-state index is 12.4. The first-order valence-corrected chi connectivity index (χ1v) is 11.4. The Morgan fingerprint density at radius 3 is 2.26 bits per heavy atom. The molecule has 0 saturated carbocycles. The van der Waals surface area contributed by atoms with E-state index in [2.05, 4.69) is 25.9 Å². The van der Waals surface area contributed by atoms with Gasteiger partial charge in [0, 0.05) is 39.3 Å². The number of fused-ring (bicyclic) bond motifs is 2. The summed E-state index contributed by atoms with van der Waals surface area (Å²) in [6.45, 7) is 1.82. The van der Waals surface area contributed by atoms with Gasteiger partial charge in [0.25, 0.3) is 0 Å². The van der Waals surface area contributed by atoms with Gasteiger partial charge in [-0.05, 0) is 41.8 Å². The van der Waals surface area contributed by atoms with Crippen molar-refractivity contribution in [2.24, 2.45) is 0 Å². The highest BCUT2D eigenvalue weighted by molar-refractivity contribution is 5.78. The summed E-state index contributed by atoms with van der Waals surface area (Å²) in [5.41, 5.74) is 2.62. The van der Waals surface area contributed by atoms with Gasteiger partial charge in [-0.2, -0.15) is 14.0 Å². The fourth-order valence-corrected chi connectivity index (χ4v) is 4.45. The van der Waals surface area contributed by atoms with Crippen LogP contribution >= 0.6 is 0 Å². The molecule has 180 valence electrons. The molecule has 2 aliphatic rings. The Labute approximate surface area is 197 Å². The first kappa shape index (κ1) is 24.1. The van der Waals surface area contributed by atoms with E-state index >= 15 is 0 Å². The molecule has 9 heteroatoms. The Kier molecular flexibility index (Phi) is 8.06. The molecule has 2 heterocycles. The fourth-order valence-electron chi connectivity index (χ4n) is 4.45. The summed E-state index contributed by atoms with van der Waals surface area (Å²) in [6, 6.07) is 16.0. The summed E-state index contributed by atoms with van der Waals surface area (Å²) in [5.74, 6) is 0.140. The number of alkyl halides is 2. The van der Waals surface area contributed by atoms with Gasteiger partial charge < -0.3 is 14.8 Å². The van der Waals surface area contributed by atoms with Gasteiger partial charge in [0.15, 0.2) is 0 Å². The Hall–Kier alpha value is -3.06. The van der Waals surface area contributed by atoms with Crippen LogP contribution in [0, 0.1) is 11.3 Å². The summed E-state index contributed by atoms with van der Waals surface area (Å²) in [7, 11) is 0. The van der Waals surface area contributed by atoms with Gasteiger partial charge in [-0.1, -0.05) is 24.3 Å². The zero-order valence-corrected chi connectivity index (χ0v) is 18.8. The third kappa shape index (κ3) is 6.97. The SMILES string of the molecule is N#Cc1ccc(CNC(=O)CN2CC3CN(CCc4ccc(OC(F)F)cc4)CC(C2)O3)cc1. The molecule has 2 aromatic carbocycles. The molecule has 0 radical (unpaired) electrons. The molecule has 0 aliphatic carbocycles. The molecule has 1 N–H and O–H groups in total. The summed E-state index contributed by atoms with van der Waals surface area (Å²) in [6.07, 6.45) is 0.928. The largest absolute Gasteiger partial charge is 0.435 e. The molecule has 2 saturated heterocycles. The maximum atomic E-state index is 12.4. The van der Waals surface area contributed by atoms with Crippen LogP contribution in [0.1, 0.15) is 16.7 Å². The highest BCUT2D eigenvalue weighted by Crippen LogP contribution is 2.20. The molecule has 0 spiro atoms. The number of hydrogen-bond donors (Lipinski definition) is 1. The normalized spacial score (nSPS) is 20.6. The lowest BCUT2D eigenvalue weighted by molar-refractivity contribution is -0.144. The van der Waals surface area contributed by atoms with Gasteiger partial charge >= 0.3 is 6.61 Å². The second-order valence-electron chi connectivity index (χ2n) is 8.69. The zero-order valence-electron chi connectivity index (χ0n) is 18.8. The topological polar surface area (TPSA) is 77.8 Å². The summed E-state index contributed by atoms with van der Waals surface area (Å²) < 4.78 is 35.0. The van der Waals surface area contributed by atoms with Crippen molar-refractivity contribution >= 4 is 5.91 Å². The van der Waals surface area contributed by atoms with Crippen molar-refractivity contribution in [3.8, 4) is 11.8 Å². The molecule has 4 rings (SSSR count). The van der Waals surface area contributed by atoms with E-state index in [9.17, 15) is 13.6 Å². The first-order chi connectivity index (χ1) is 16.5. The molecule has 2 bridgehead atoms. The lowest BCUT2D eigenvalue weighted by Crippen LogP contribution is -2.60. The number of nitriles is 1. The van der Waals surface area contributed by atoms with E-state index in [1.807, 2.05) is 24.3 Å². The van der Waals surface area contributed by atoms with Gasteiger partial charge in [0.05, 0.1) is 30.4 Å². The number of rotatable bonds is 9. The van der Waals surface area contributed by atoms with E-state index in [0.29, 0.717) is 31.7 Å². The predicted molar refractivity (Wildman–Crippen MR) is 121 cm³/mol. The molecule has 7 nitrogen and oxygen atoms in total. The van der Waals surface area contributed by atoms with E-state index < -0.39 is 6.61 Å². The molecule has 2 atom stereocenters. The average molecular weight is 471 g/mol. The van der Waals surface area contributed by atoms with Crippen molar-refractivity contribution in [3.63, 3.8) is 0 Å². The van der Waals surface area contributed by atoms with Crippen molar-refractivity contribution in [2.45, 2.75) is 31.8 Å². The Morgan fingerprint density at radius 1 is 1.03 bits per heavy atom. The Morgan fingerprint density at radius 2 is 1.65 bits per heavy atom. The number of nitrogens with zero attached hydrogens (tertiary/aromatic N) is 3. The van der Waals surface area contributed by atoms with Crippen LogP contribution in [0.5, 0.6) is 5.75 Å². The second-order valence-corrected chi connectivity index (χ2v) is 8.69. The standard InChI is InChI=1S/C25H28F2N4O3/c26-25(27)34-21-7-5-18(6-8-21)9-10-30-13-22-15-31(16-23(14-30)33-22)17-24(32)29-12-20-3-1-19(11-28)2-4-20/h1-8,22-23,25H,9-10,12-17H2,(H,29,32). The summed E-state index contributed by atoms with van der Waals surface area (Å²) >= 11 is 0. The Bertz CT molecular complexity index is 981. The molecule has 2 aromatic rings. The lowest BCUT2D eigenvalue weighted by atomic mass is 10.1. The van der Waals surface area contributed by atoms with E-state index in [1.54, 1.807) is 24.3 Å². The minimum atomic E-state index is -2.81. The van der Waals surface area contributed by atoms with E-state index in [1.165, 1.54) is 0 Å². The summed E-state index contributed by atoms with van der Waals surface area (Å²) in [4.78, 5) is 16.9. The number of morpholine rings is 2. The van der Waals surface area contributed by atoms with Crippen molar-refractivity contribution in [3.05, 3.63) is 65.2 Å². The van der Waals surface area contributed by atoms with Crippen molar-refractivity contribution in [1.82, 2.24) is 15.1 Å². The minimum Gasteiger partial charge on any atom is -0.435 e. The monoisotopic (exact) mass is 470 g/mol. The number of benzene rings is 2. The number of hydrogen-bond acceptors (Lipinski definition) is 6. The van der Waals surface area contributed by atoms with Crippen LogP contribution in [0.3, 0.4) is 0 Å². The average Bonchev–Trinajstić information content (AvgIpc) is 2.82. The third-order valence-corrected chi connectivity index (χ3v) is 6.04. The maximum Gasteiger partial charge on any atom is 0.387 e. The predicted octanol–water partition coefficient (Wildman–Crippen LogP) is 2.40. The van der Waals surface area contributed by atoms with Gasteiger partial charge in [-0.25, -0.2) is 0 Å². The molecule has 1 amide bonds. The van der Waals surface area contributed by atoms with Gasteiger partial charge in [0.2, 0.25) is 5.91 Å². The molecule has 2 fully saturated rings. The lowest BCUT2D eigenvalue weighted by Gasteiger charge is -2.45. The molecular weight excluding hydrogens is 442 g/mol. The highest BCUT2D eigenvalue weighted by Gasteiger charge is 2.35. The minimum absolute atomic E-state index is 0.0274. The fraction of sp³-hybridized carbons (Fsp3) is 0.440. The van der Waals surface area contributed by atoms with Crippen LogP contribution in [0.4, 0.5) is 8.78 Å². The molecule has 34 heavy (non-hydrogen) atoms. The number of carbonyl (C=O) groups excluding carboxylic acids is 1. The third-order valence-electron chi connectivity index (χ3n) is 6.04. The number of amides is 1. The van der Waals surface area contributed by atoms with Crippen molar-refractivity contribution < 1.29 is 23.0 Å². The smallest absolute Gasteiger partial charge is 0.387 e. The quantitative estimate of drug-likeness (QED) is 0.607. The van der Waals surface area contributed by atoms with Crippen LogP contribution in [0.25, 0.3) is 0 Å². The number of nitrogens with one attached hydrogen (secondary N) is 1. The zero-order chi connectivity index (χ0) is 23.9. The molecule has 2 aliphatic heterocycles. The van der Waals surface area contributed by atoms with Crippen LogP contribution in [0.2, 0.25) is 0 Å². The summed E-state index contributed by atoms with van der Waals surface area (Å²) in [5, 5.41) is 11.8. The first-order valence-electron chi connectivity index (χ1n) is 11.4. The molecular formula is C25H28F2N4O3. The number of ether oxygens (including phenoxy) is 2. The van der Waals surface area contributed by atoms with Crippen LogP contribution < -0.4 is 10.1 Å². The number of carbonyl (C=O) groups is 1. The molecule has 2 unspecified atom stereocenters. The van der Waals surface area contributed by atoms with Crippen molar-refractivity contribution in [2.75, 3.05) is 39.3 Å². The van der Waals surface area contributed by atoms with Crippen LogP contribution in [-0.2, 0) is 22.5 Å². The van der Waals surface area contributed by atoms with Crippen LogP contribution in [0.15, 0.2) is 48.5 Å². The van der Waals surface area contributed by atoms with E-state index in [-0.39, 0.29) is 23.9 Å². The highest BCUT2D eigenvalue weighted by atomic mass is 19.3. The Balaban J connectivity index is 1.18. The second kappa shape index (κ2) is 11.4. The van der Waals surface area contributed by atoms with Gasteiger partial charge in [-0.15, -0.1) is 0 Å². The number of halogens is 2.